The van der Waals surface area contributed by atoms with Crippen LogP contribution in [0.25, 0.3) is 0 Å². The van der Waals surface area contributed by atoms with Gasteiger partial charge in [-0.25, -0.2) is 4.57 Å². The van der Waals surface area contributed by atoms with Crippen LogP contribution in [-0.2, 0) is 81.0 Å². The summed E-state index contributed by atoms with van der Waals surface area (Å²) in [4.78, 5) is 208. The van der Waals surface area contributed by atoms with Crippen molar-refractivity contribution >= 4 is 96.8 Å². The van der Waals surface area contributed by atoms with Gasteiger partial charge in [0.1, 0.15) is 48.3 Å². The standard InChI is InChI=1S/C43H70N11O25P/c1-20(35(67)48-22(5-3-4-18-44)39(71)54-28(37(69)46-2)19-79-80(76,77)78)47-38(70)23(7-13-30(57)58)50-41(73)25(9-15-32(61)62)52-43(75)27(11-17-34(65)66)53-42(74)26(10-16-33(63)64)51-40(72)24(8-14-31(59)60)49-36(68)21(45)6-12-29(55)56/h20-28H,3-19,44-45H2,1-2H3,(H,46,69)(H,47,70)(H,48,67)(H,49,68)(H,50,73)(H,51,72)(H,52,75)(H,53,74)(H,54,71)(H,55,56)(H,57,58)(H,59,60)(H,61,62)(H,63,64)(H,65,66)(H2,76,77,78)/t20-,21-,22-,23-,24-,25-,26-,27-,28-/m0/s1. The molecule has 0 radical (unpaired) electrons. The van der Waals surface area contributed by atoms with E-state index in [9.17, 15) is 102 Å². The first kappa shape index (κ1) is 72.1. The van der Waals surface area contributed by atoms with Crippen LogP contribution in [0, 0.1) is 0 Å². The van der Waals surface area contributed by atoms with E-state index in [1.54, 1.807) is 0 Å². The minimum Gasteiger partial charge on any atom is -0.481 e. The summed E-state index contributed by atoms with van der Waals surface area (Å²) in [6, 6.07) is -16.1. The van der Waals surface area contributed by atoms with E-state index in [2.05, 4.69) is 52.4 Å². The van der Waals surface area contributed by atoms with Crippen molar-refractivity contribution in [1.82, 2.24) is 47.9 Å². The van der Waals surface area contributed by atoms with Gasteiger partial charge in [-0.1, -0.05) is 0 Å². The summed E-state index contributed by atoms with van der Waals surface area (Å²) in [6.07, 6.45) is -8.75. The smallest absolute Gasteiger partial charge is 0.469 e. The zero-order valence-corrected chi connectivity index (χ0v) is 44.2. The Balaban J connectivity index is 6.81. The second-order valence-corrected chi connectivity index (χ2v) is 18.8. The molecule has 9 atom stereocenters. The zero-order chi connectivity index (χ0) is 61.4. The number of carboxylic acids is 6. The van der Waals surface area contributed by atoms with E-state index in [-0.39, 0.29) is 19.4 Å². The van der Waals surface area contributed by atoms with Crippen molar-refractivity contribution in [2.24, 2.45) is 11.5 Å². The number of nitrogens with two attached hydrogens (primary N) is 2. The summed E-state index contributed by atoms with van der Waals surface area (Å²) >= 11 is 0. The molecule has 0 spiro atoms. The molecule has 36 nitrogen and oxygen atoms in total. The predicted molar refractivity (Wildman–Crippen MR) is 265 cm³/mol. The molecule has 0 aromatic rings. The molecule has 21 N–H and O–H groups in total. The first-order valence-electron chi connectivity index (χ1n) is 24.3. The molecule has 452 valence electrons. The first-order chi connectivity index (χ1) is 37.2. The number of nitrogens with one attached hydrogen (secondary N) is 9. The van der Waals surface area contributed by atoms with Crippen molar-refractivity contribution in [3.8, 4) is 0 Å². The summed E-state index contributed by atoms with van der Waals surface area (Å²) < 4.78 is 15.6. The molecule has 0 heterocycles. The fourth-order valence-electron chi connectivity index (χ4n) is 6.70. The monoisotopic (exact) mass is 1170 g/mol. The van der Waals surface area contributed by atoms with Crippen LogP contribution < -0.4 is 59.3 Å². The Bertz CT molecular complexity index is 2280. The van der Waals surface area contributed by atoms with Gasteiger partial charge >= 0.3 is 43.6 Å². The second kappa shape index (κ2) is 37.0. The molecule has 0 aliphatic rings. The molecule has 0 rings (SSSR count). The molecule has 0 saturated carbocycles. The van der Waals surface area contributed by atoms with Crippen molar-refractivity contribution in [2.45, 2.75) is 158 Å². The van der Waals surface area contributed by atoms with Crippen LogP contribution in [0.3, 0.4) is 0 Å². The average molecular weight is 1170 g/mol. The number of carbonyl (C=O) groups is 15. The number of phosphoric acid groups is 1. The number of amides is 9. The van der Waals surface area contributed by atoms with Crippen LogP contribution in [0.2, 0.25) is 0 Å². The fraction of sp³-hybridized carbons (Fsp3) is 0.651. The van der Waals surface area contributed by atoms with Gasteiger partial charge in [0.25, 0.3) is 0 Å². The van der Waals surface area contributed by atoms with Crippen molar-refractivity contribution < 1.29 is 121 Å². The lowest BCUT2D eigenvalue weighted by Crippen LogP contribution is -2.60. The minimum absolute atomic E-state index is 0.138. The number of likely N-dealkylation sites (N-methyl/N-ethyl adjacent to an activating group) is 1. The summed E-state index contributed by atoms with van der Waals surface area (Å²) in [6.45, 7) is 0.203. The van der Waals surface area contributed by atoms with Gasteiger partial charge in [-0.15, -0.1) is 0 Å². The van der Waals surface area contributed by atoms with Gasteiger partial charge in [0.15, 0.2) is 0 Å². The number of hydrogen-bond acceptors (Lipinski definition) is 19. The minimum atomic E-state index is -5.14. The van der Waals surface area contributed by atoms with Crippen LogP contribution in [0.5, 0.6) is 0 Å². The summed E-state index contributed by atoms with van der Waals surface area (Å²) in [7, 11) is -4.00. The number of carbonyl (C=O) groups excluding carboxylic acids is 9. The van der Waals surface area contributed by atoms with E-state index in [1.807, 2.05) is 0 Å². The summed E-state index contributed by atoms with van der Waals surface area (Å²) in [5.41, 5.74) is 11.2. The third-order valence-corrected chi connectivity index (χ3v) is 11.5. The number of phosphoric ester groups is 1. The van der Waals surface area contributed by atoms with Crippen molar-refractivity contribution in [1.29, 1.82) is 0 Å². The molecule has 0 aromatic heterocycles. The summed E-state index contributed by atoms with van der Waals surface area (Å²) in [5.74, 6) is -20.0. The molecule has 0 unspecified atom stereocenters. The topological polar surface area (TPSA) is 604 Å². The Morgan fingerprint density at radius 1 is 0.400 bits per heavy atom. The lowest BCUT2D eigenvalue weighted by molar-refractivity contribution is -0.141. The quantitative estimate of drug-likeness (QED) is 0.0200. The Morgan fingerprint density at radius 3 is 0.975 bits per heavy atom. The highest BCUT2D eigenvalue weighted by Gasteiger charge is 2.36. The van der Waals surface area contributed by atoms with Crippen LogP contribution in [0.1, 0.15) is 103 Å². The molecule has 80 heavy (non-hydrogen) atoms. The van der Waals surface area contributed by atoms with Gasteiger partial charge in [0, 0.05) is 45.6 Å². The highest BCUT2D eigenvalue weighted by atomic mass is 31.2. The largest absolute Gasteiger partial charge is 0.481 e. The van der Waals surface area contributed by atoms with E-state index in [1.165, 1.54) is 0 Å². The van der Waals surface area contributed by atoms with Gasteiger partial charge < -0.3 is 99.7 Å². The van der Waals surface area contributed by atoms with Crippen molar-refractivity contribution in [3.05, 3.63) is 0 Å². The van der Waals surface area contributed by atoms with Crippen molar-refractivity contribution in [2.75, 3.05) is 20.2 Å². The van der Waals surface area contributed by atoms with E-state index >= 15 is 0 Å². The van der Waals surface area contributed by atoms with E-state index in [4.69, 9.17) is 26.4 Å². The molecule has 0 aliphatic heterocycles. The third-order valence-electron chi connectivity index (χ3n) is 11.0. The van der Waals surface area contributed by atoms with E-state index < -0.39 is 235 Å². The van der Waals surface area contributed by atoms with E-state index in [0.717, 1.165) is 14.0 Å². The van der Waals surface area contributed by atoms with Crippen LogP contribution in [0.4, 0.5) is 0 Å². The Hall–Kier alpha value is -7.92. The molecule has 0 aromatic carbocycles. The molecule has 9 amide bonds. The maximum absolute atomic E-state index is 13.9. The maximum Gasteiger partial charge on any atom is 0.469 e. The van der Waals surface area contributed by atoms with E-state index in [0.29, 0.717) is 6.42 Å². The molecule has 37 heteroatoms. The molecule has 0 fully saturated rings. The summed E-state index contributed by atoms with van der Waals surface area (Å²) in [5, 5.41) is 75.4. The number of rotatable bonds is 42. The number of carboxylic acid groups (broad SMARTS) is 6. The average Bonchev–Trinajstić information content (AvgIpc) is 3.36. The number of aliphatic carboxylic acids is 6. The predicted octanol–water partition coefficient (Wildman–Crippen LogP) is -6.61. The Labute approximate surface area is 454 Å². The normalized spacial score (nSPS) is 14.4. The fourth-order valence-corrected chi connectivity index (χ4v) is 7.04. The number of hydrogen-bond donors (Lipinski definition) is 19. The van der Waals surface area contributed by atoms with Gasteiger partial charge in [-0.2, -0.15) is 0 Å². The molecular weight excluding hydrogens is 1100 g/mol. The van der Waals surface area contributed by atoms with Gasteiger partial charge in [-0.05, 0) is 71.3 Å². The molecule has 0 aliphatic carbocycles. The zero-order valence-electron chi connectivity index (χ0n) is 43.3. The Kier molecular flexibility index (Phi) is 33.4. The molecule has 0 saturated heterocycles. The SMILES string of the molecule is CNC(=O)[C@H](COP(=O)(O)O)NC(=O)[C@H](CCCCN)NC(=O)[C@H](C)NC(=O)[C@H](CCC(=O)O)NC(=O)[C@H](CCC(=O)O)NC(=O)[C@H](CCC(=O)O)NC(=O)[C@H](CCC(=O)O)NC(=O)[C@H](CCC(=O)O)NC(=O)[C@@H](N)CCC(=O)O. The highest BCUT2D eigenvalue weighted by molar-refractivity contribution is 7.46. The van der Waals surface area contributed by atoms with Crippen LogP contribution in [-0.4, -0.2) is 204 Å². The van der Waals surface area contributed by atoms with Crippen LogP contribution in [0.15, 0.2) is 0 Å². The third kappa shape index (κ3) is 31.5. The van der Waals surface area contributed by atoms with Crippen molar-refractivity contribution in [3.63, 3.8) is 0 Å². The lowest BCUT2D eigenvalue weighted by atomic mass is 10.0. The molecular formula is C43H70N11O25P. The first-order valence-corrected chi connectivity index (χ1v) is 25.9. The number of unbranched alkanes of at least 4 members (excludes halogenated alkanes) is 1. The van der Waals surface area contributed by atoms with Crippen LogP contribution >= 0.6 is 7.82 Å². The molecule has 0 bridgehead atoms. The van der Waals surface area contributed by atoms with Gasteiger partial charge in [0.2, 0.25) is 53.2 Å². The maximum atomic E-state index is 13.9. The highest BCUT2D eigenvalue weighted by Crippen LogP contribution is 2.35. The van der Waals surface area contributed by atoms with Gasteiger partial charge in [0.05, 0.1) is 12.6 Å². The second-order valence-electron chi connectivity index (χ2n) is 17.5. The van der Waals surface area contributed by atoms with Gasteiger partial charge in [-0.3, -0.25) is 76.4 Å². The Morgan fingerprint density at radius 2 is 0.675 bits per heavy atom. The lowest BCUT2D eigenvalue weighted by Gasteiger charge is -2.27.